The quantitative estimate of drug-likeness (QED) is 0.786. The van der Waals surface area contributed by atoms with Crippen molar-refractivity contribution in [2.24, 2.45) is 0 Å². The van der Waals surface area contributed by atoms with Crippen LogP contribution in [0.25, 0.3) is 11.1 Å². The Kier molecular flexibility index (Phi) is 4.47. The maximum Gasteiger partial charge on any atom is 0.336 e. The lowest BCUT2D eigenvalue weighted by Gasteiger charge is -2.25. The third kappa shape index (κ3) is 3.23. The molecule has 1 saturated carbocycles. The van der Waals surface area contributed by atoms with Gasteiger partial charge in [0, 0.05) is 24.7 Å². The Balaban J connectivity index is 1.97. The van der Waals surface area contributed by atoms with Gasteiger partial charge in [-0.1, -0.05) is 29.8 Å². The first kappa shape index (κ1) is 16.7. The summed E-state index contributed by atoms with van der Waals surface area (Å²) in [6, 6.07) is 8.74. The summed E-state index contributed by atoms with van der Waals surface area (Å²) in [5.74, 6) is -0.979. The Bertz CT molecular complexity index is 775. The minimum absolute atomic E-state index is 0.174. The van der Waals surface area contributed by atoms with Crippen molar-refractivity contribution in [1.82, 2.24) is 10.3 Å². The van der Waals surface area contributed by atoms with Crippen LogP contribution < -0.4 is 10.2 Å². The third-order valence-corrected chi connectivity index (χ3v) is 4.94. The summed E-state index contributed by atoms with van der Waals surface area (Å²) >= 11 is 6.25. The molecule has 0 atom stereocenters. The Morgan fingerprint density at radius 2 is 2.08 bits per heavy atom. The van der Waals surface area contributed by atoms with Gasteiger partial charge in [-0.3, -0.25) is 0 Å². The summed E-state index contributed by atoms with van der Waals surface area (Å²) in [5.41, 5.74) is 2.51. The molecule has 1 aromatic carbocycles. The Morgan fingerprint density at radius 1 is 1.38 bits per heavy atom. The number of rotatable bonds is 6. The highest BCUT2D eigenvalue weighted by molar-refractivity contribution is 6.32. The minimum atomic E-state index is -0.979. The number of benzene rings is 1. The van der Waals surface area contributed by atoms with Crippen LogP contribution in [0.5, 0.6) is 0 Å². The van der Waals surface area contributed by atoms with Gasteiger partial charge in [0.1, 0.15) is 5.15 Å². The average molecular weight is 346 g/mol. The number of aromatic carboxylic acids is 1. The first-order valence-electron chi connectivity index (χ1n) is 7.84. The molecular formula is C18H20ClN3O2. The van der Waals surface area contributed by atoms with Crippen LogP contribution in [0.1, 0.15) is 23.2 Å². The fourth-order valence-electron chi connectivity index (χ4n) is 2.92. The maximum absolute atomic E-state index is 11.5. The summed E-state index contributed by atoms with van der Waals surface area (Å²) in [4.78, 5) is 17.9. The van der Waals surface area contributed by atoms with Gasteiger partial charge in [0.15, 0.2) is 0 Å². The van der Waals surface area contributed by atoms with Gasteiger partial charge in [0.25, 0.3) is 0 Å². The second-order valence-electron chi connectivity index (χ2n) is 6.27. The highest BCUT2D eigenvalue weighted by Crippen LogP contribution is 2.37. The first-order chi connectivity index (χ1) is 11.5. The molecule has 0 unspecified atom stereocenters. The molecule has 24 heavy (non-hydrogen) atoms. The van der Waals surface area contributed by atoms with Gasteiger partial charge in [-0.2, -0.15) is 0 Å². The zero-order chi connectivity index (χ0) is 17.3. The van der Waals surface area contributed by atoms with E-state index in [0.717, 1.165) is 25.1 Å². The van der Waals surface area contributed by atoms with Gasteiger partial charge in [-0.25, -0.2) is 9.78 Å². The number of aromatic nitrogens is 1. The van der Waals surface area contributed by atoms with E-state index < -0.39 is 5.97 Å². The van der Waals surface area contributed by atoms with Crippen molar-refractivity contribution in [1.29, 1.82) is 0 Å². The summed E-state index contributed by atoms with van der Waals surface area (Å²) < 4.78 is 0. The molecule has 1 fully saturated rings. The predicted molar refractivity (Wildman–Crippen MR) is 95.9 cm³/mol. The smallest absolute Gasteiger partial charge is 0.336 e. The number of halogens is 1. The van der Waals surface area contributed by atoms with Gasteiger partial charge in [0.2, 0.25) is 0 Å². The second-order valence-corrected chi connectivity index (χ2v) is 6.63. The second kappa shape index (κ2) is 6.42. The Labute approximate surface area is 146 Å². The van der Waals surface area contributed by atoms with Crippen LogP contribution in [0.2, 0.25) is 5.15 Å². The molecule has 0 bridgehead atoms. The van der Waals surface area contributed by atoms with Crippen molar-refractivity contribution < 1.29 is 9.90 Å². The molecule has 6 heteroatoms. The molecule has 1 aromatic heterocycles. The molecule has 0 saturated heterocycles. The molecule has 0 spiro atoms. The number of carboxylic acid groups (broad SMARTS) is 1. The summed E-state index contributed by atoms with van der Waals surface area (Å²) in [6.07, 6.45) is 4.04. The monoisotopic (exact) mass is 345 g/mol. The van der Waals surface area contributed by atoms with Crippen molar-refractivity contribution in [3.63, 3.8) is 0 Å². The van der Waals surface area contributed by atoms with Gasteiger partial charge < -0.3 is 15.3 Å². The lowest BCUT2D eigenvalue weighted by molar-refractivity contribution is 0.0697. The highest BCUT2D eigenvalue weighted by Gasteiger charge is 2.41. The van der Waals surface area contributed by atoms with E-state index >= 15 is 0 Å². The zero-order valence-electron chi connectivity index (χ0n) is 13.7. The fourth-order valence-corrected chi connectivity index (χ4v) is 3.13. The molecule has 0 amide bonds. The number of hydrogen-bond acceptors (Lipinski definition) is 4. The number of anilines is 1. The van der Waals surface area contributed by atoms with E-state index in [1.165, 1.54) is 0 Å². The normalized spacial score (nSPS) is 15.1. The number of nitrogens with zero attached hydrogens (tertiary/aromatic N) is 2. The van der Waals surface area contributed by atoms with Crippen molar-refractivity contribution in [3.05, 3.63) is 47.2 Å². The first-order valence-corrected chi connectivity index (χ1v) is 8.22. The van der Waals surface area contributed by atoms with Crippen LogP contribution in [0, 0.1) is 0 Å². The van der Waals surface area contributed by atoms with Crippen LogP contribution in [-0.2, 0) is 0 Å². The molecule has 0 aliphatic heterocycles. The molecule has 1 aliphatic rings. The predicted octanol–water partition coefficient (Wildman–Crippen LogP) is 3.29. The van der Waals surface area contributed by atoms with Crippen molar-refractivity contribution in [3.8, 4) is 11.1 Å². The average Bonchev–Trinajstić information content (AvgIpc) is 3.35. The molecule has 1 heterocycles. The highest BCUT2D eigenvalue weighted by atomic mass is 35.5. The van der Waals surface area contributed by atoms with Gasteiger partial charge >= 0.3 is 5.97 Å². The fraction of sp³-hybridized carbons (Fsp3) is 0.333. The maximum atomic E-state index is 11.5. The third-order valence-electron chi connectivity index (χ3n) is 4.64. The summed E-state index contributed by atoms with van der Waals surface area (Å²) in [7, 11) is 3.99. The standard InChI is InChI=1S/C18H20ClN3O2/c1-20-18(7-8-18)11-22(2)12-9-15(16(19)21-10-12)13-5-3-4-6-14(13)17(23)24/h3-6,9-10,20H,7-8,11H2,1-2H3,(H,23,24). The Hall–Kier alpha value is -2.11. The Morgan fingerprint density at radius 3 is 2.71 bits per heavy atom. The number of carboxylic acids is 1. The van der Waals surface area contributed by atoms with E-state index in [-0.39, 0.29) is 11.1 Å². The van der Waals surface area contributed by atoms with Gasteiger partial charge in [0.05, 0.1) is 17.4 Å². The molecule has 2 N–H and O–H groups in total. The summed E-state index contributed by atoms with van der Waals surface area (Å²) in [6.45, 7) is 0.868. The van der Waals surface area contributed by atoms with Crippen LogP contribution in [0.15, 0.2) is 36.5 Å². The minimum Gasteiger partial charge on any atom is -0.478 e. The van der Waals surface area contributed by atoms with Crippen molar-refractivity contribution >= 4 is 23.3 Å². The van der Waals surface area contributed by atoms with E-state index in [1.807, 2.05) is 20.2 Å². The van der Waals surface area contributed by atoms with Crippen LogP contribution in [0.4, 0.5) is 5.69 Å². The number of pyridine rings is 1. The molecular weight excluding hydrogens is 326 g/mol. The molecule has 2 aromatic rings. The van der Waals surface area contributed by atoms with E-state index in [9.17, 15) is 9.90 Å². The van der Waals surface area contributed by atoms with Crippen molar-refractivity contribution in [2.45, 2.75) is 18.4 Å². The van der Waals surface area contributed by atoms with E-state index in [0.29, 0.717) is 16.3 Å². The molecule has 1 aliphatic carbocycles. The van der Waals surface area contributed by atoms with Crippen molar-refractivity contribution in [2.75, 3.05) is 25.5 Å². The largest absolute Gasteiger partial charge is 0.478 e. The molecule has 5 nitrogen and oxygen atoms in total. The number of nitrogens with one attached hydrogen (secondary N) is 1. The van der Waals surface area contributed by atoms with Gasteiger partial charge in [-0.05, 0) is 37.6 Å². The van der Waals surface area contributed by atoms with Crippen LogP contribution >= 0.6 is 11.6 Å². The lowest BCUT2D eigenvalue weighted by atomic mass is 10.0. The van der Waals surface area contributed by atoms with Crippen LogP contribution in [-0.4, -0.2) is 42.2 Å². The van der Waals surface area contributed by atoms with E-state index in [4.69, 9.17) is 11.6 Å². The van der Waals surface area contributed by atoms with Crippen LogP contribution in [0.3, 0.4) is 0 Å². The topological polar surface area (TPSA) is 65.5 Å². The zero-order valence-corrected chi connectivity index (χ0v) is 14.5. The van der Waals surface area contributed by atoms with Gasteiger partial charge in [-0.15, -0.1) is 0 Å². The summed E-state index contributed by atoms with van der Waals surface area (Å²) in [5, 5.41) is 13.1. The molecule has 126 valence electrons. The van der Waals surface area contributed by atoms with E-state index in [2.05, 4.69) is 15.2 Å². The number of hydrogen-bond donors (Lipinski definition) is 2. The molecule has 3 rings (SSSR count). The molecule has 0 radical (unpaired) electrons. The number of carbonyl (C=O) groups is 1. The van der Waals surface area contributed by atoms with E-state index in [1.54, 1.807) is 30.5 Å². The SMILES string of the molecule is CNC1(CN(C)c2cnc(Cl)c(-c3ccccc3C(=O)O)c2)CC1. The number of likely N-dealkylation sites (N-methyl/N-ethyl adjacent to an activating group) is 2. The lowest BCUT2D eigenvalue weighted by Crippen LogP contribution is -2.39.